The van der Waals surface area contributed by atoms with Gasteiger partial charge in [0.05, 0.1) is 20.9 Å². The topological polar surface area (TPSA) is 90.2 Å². The van der Waals surface area contributed by atoms with Crippen LogP contribution >= 0.6 is 11.3 Å². The van der Waals surface area contributed by atoms with Crippen LogP contribution in [-0.2, 0) is 9.84 Å². The Labute approximate surface area is 139 Å². The molecule has 1 aromatic carbocycles. The molecule has 0 amide bonds. The van der Waals surface area contributed by atoms with E-state index < -0.39 is 14.8 Å². The molecule has 0 aliphatic heterocycles. The monoisotopic (exact) mass is 356 g/mol. The molecule has 0 fully saturated rings. The molecule has 0 radical (unpaired) electrons. The molecule has 6 nitrogen and oxygen atoms in total. The van der Waals surface area contributed by atoms with Gasteiger partial charge in [-0.1, -0.05) is 33.1 Å². The molecule has 0 aliphatic rings. The van der Waals surface area contributed by atoms with Gasteiger partial charge in [-0.25, -0.2) is 13.4 Å². The summed E-state index contributed by atoms with van der Waals surface area (Å²) in [5, 5.41) is 10.8. The maximum Gasteiger partial charge on any atom is 0.270 e. The lowest BCUT2D eigenvalue weighted by Crippen LogP contribution is -2.16. The first-order valence-electron chi connectivity index (χ1n) is 7.65. The highest BCUT2D eigenvalue weighted by molar-refractivity contribution is 7.93. The quantitative estimate of drug-likeness (QED) is 0.522. The van der Waals surface area contributed by atoms with Crippen molar-refractivity contribution in [2.24, 2.45) is 5.92 Å². The Kier molecular flexibility index (Phi) is 5.69. The van der Waals surface area contributed by atoms with Crippen LogP contribution in [0.4, 0.5) is 5.69 Å². The molecule has 1 atom stereocenters. The van der Waals surface area contributed by atoms with E-state index in [1.54, 1.807) is 0 Å². The fourth-order valence-corrected chi connectivity index (χ4v) is 5.53. The summed E-state index contributed by atoms with van der Waals surface area (Å²) < 4.78 is 25.7. The Morgan fingerprint density at radius 2 is 2.09 bits per heavy atom. The first-order valence-corrected chi connectivity index (χ1v) is 10.1. The highest BCUT2D eigenvalue weighted by Gasteiger charge is 2.24. The normalized spacial score (nSPS) is 13.3. The van der Waals surface area contributed by atoms with Crippen LogP contribution in [0, 0.1) is 16.0 Å². The van der Waals surface area contributed by atoms with Gasteiger partial charge in [0.2, 0.25) is 14.2 Å². The van der Waals surface area contributed by atoms with Crippen LogP contribution in [0.2, 0.25) is 0 Å². The predicted octanol–water partition coefficient (Wildman–Crippen LogP) is 4.19. The summed E-state index contributed by atoms with van der Waals surface area (Å²) in [4.78, 5) is 14.5. The number of nitro benzene ring substituents is 1. The average Bonchev–Trinajstić information content (AvgIpc) is 2.95. The van der Waals surface area contributed by atoms with Crippen molar-refractivity contribution in [3.63, 3.8) is 0 Å². The second-order valence-electron chi connectivity index (χ2n) is 5.59. The summed E-state index contributed by atoms with van der Waals surface area (Å²) in [6.07, 6.45) is 3.76. The standard InChI is InChI=1S/C15H20N2O4S2/c1-3-5-6-11(4-2)10-23(20,21)15-16-13-8-7-12(17(18)19)9-14(13)22-15/h7-9,11H,3-6,10H2,1-2H3. The zero-order valence-corrected chi connectivity index (χ0v) is 14.8. The smallest absolute Gasteiger partial charge is 0.258 e. The summed E-state index contributed by atoms with van der Waals surface area (Å²) >= 11 is 1.01. The van der Waals surface area contributed by atoms with Crippen molar-refractivity contribution in [1.29, 1.82) is 0 Å². The van der Waals surface area contributed by atoms with E-state index in [2.05, 4.69) is 11.9 Å². The number of nitrogens with zero attached hydrogens (tertiary/aromatic N) is 2. The van der Waals surface area contributed by atoms with E-state index in [9.17, 15) is 18.5 Å². The van der Waals surface area contributed by atoms with E-state index in [0.29, 0.717) is 10.2 Å². The number of hydrogen-bond donors (Lipinski definition) is 0. The van der Waals surface area contributed by atoms with Gasteiger partial charge in [-0.2, -0.15) is 0 Å². The van der Waals surface area contributed by atoms with Crippen molar-refractivity contribution in [1.82, 2.24) is 4.98 Å². The van der Waals surface area contributed by atoms with E-state index in [0.717, 1.165) is 37.0 Å². The number of thiazole rings is 1. The molecule has 2 aromatic rings. The molecule has 126 valence electrons. The van der Waals surface area contributed by atoms with E-state index in [1.807, 2.05) is 6.92 Å². The van der Waals surface area contributed by atoms with E-state index in [4.69, 9.17) is 0 Å². The zero-order valence-electron chi connectivity index (χ0n) is 13.2. The lowest BCUT2D eigenvalue weighted by Gasteiger charge is -2.13. The molecular formula is C15H20N2O4S2. The molecule has 8 heteroatoms. The minimum absolute atomic E-state index is 0.0560. The lowest BCUT2D eigenvalue weighted by atomic mass is 10.0. The summed E-state index contributed by atoms with van der Waals surface area (Å²) in [6, 6.07) is 4.21. The number of rotatable bonds is 8. The van der Waals surface area contributed by atoms with Crippen LogP contribution in [0.25, 0.3) is 10.2 Å². The molecule has 0 bridgehead atoms. The third-order valence-electron chi connectivity index (χ3n) is 3.83. The maximum absolute atomic E-state index is 12.6. The number of non-ortho nitro benzene ring substituents is 1. The van der Waals surface area contributed by atoms with Crippen molar-refractivity contribution >= 4 is 37.1 Å². The number of fused-ring (bicyclic) bond motifs is 1. The fourth-order valence-electron chi connectivity index (χ4n) is 2.42. The van der Waals surface area contributed by atoms with Gasteiger partial charge in [0.1, 0.15) is 0 Å². The molecule has 0 saturated carbocycles. The maximum atomic E-state index is 12.6. The van der Waals surface area contributed by atoms with Crippen LogP contribution in [0.5, 0.6) is 0 Å². The van der Waals surface area contributed by atoms with Gasteiger partial charge in [0.25, 0.3) is 5.69 Å². The molecule has 23 heavy (non-hydrogen) atoms. The third-order valence-corrected chi connectivity index (χ3v) is 7.19. The second kappa shape index (κ2) is 7.35. The number of sulfone groups is 1. The summed E-state index contributed by atoms with van der Waals surface area (Å²) in [6.45, 7) is 4.08. The summed E-state index contributed by atoms with van der Waals surface area (Å²) in [7, 11) is -3.46. The van der Waals surface area contributed by atoms with Gasteiger partial charge in [0.15, 0.2) is 0 Å². The molecule has 0 spiro atoms. The number of unbranched alkanes of at least 4 members (excludes halogenated alkanes) is 1. The van der Waals surface area contributed by atoms with Crippen LogP contribution in [-0.4, -0.2) is 24.1 Å². The minimum atomic E-state index is -3.46. The first-order chi connectivity index (χ1) is 10.9. The molecule has 1 aromatic heterocycles. The first kappa shape index (κ1) is 17.8. The number of benzene rings is 1. The van der Waals surface area contributed by atoms with Gasteiger partial charge in [-0.3, -0.25) is 10.1 Å². The van der Waals surface area contributed by atoms with Crippen molar-refractivity contribution in [2.45, 2.75) is 43.9 Å². The second-order valence-corrected chi connectivity index (χ2v) is 8.83. The van der Waals surface area contributed by atoms with Crippen LogP contribution in [0.15, 0.2) is 22.5 Å². The van der Waals surface area contributed by atoms with Crippen LogP contribution in [0.3, 0.4) is 0 Å². The van der Waals surface area contributed by atoms with Gasteiger partial charge in [-0.05, 0) is 18.4 Å². The van der Waals surface area contributed by atoms with Crippen molar-refractivity contribution < 1.29 is 13.3 Å². The van der Waals surface area contributed by atoms with E-state index in [1.165, 1.54) is 18.2 Å². The molecule has 0 N–H and O–H groups in total. The molecular weight excluding hydrogens is 336 g/mol. The largest absolute Gasteiger partial charge is 0.270 e. The van der Waals surface area contributed by atoms with Gasteiger partial charge in [0, 0.05) is 12.1 Å². The predicted molar refractivity (Wildman–Crippen MR) is 91.6 cm³/mol. The Bertz CT molecular complexity index is 799. The highest BCUT2D eigenvalue weighted by Crippen LogP contribution is 2.30. The SMILES string of the molecule is CCCCC(CC)CS(=O)(=O)c1nc2ccc([N+](=O)[O-])cc2s1. The zero-order chi connectivity index (χ0) is 17.0. The average molecular weight is 356 g/mol. The molecule has 2 rings (SSSR count). The van der Waals surface area contributed by atoms with Crippen molar-refractivity contribution in [3.05, 3.63) is 28.3 Å². The third kappa shape index (κ3) is 4.26. The van der Waals surface area contributed by atoms with Crippen LogP contribution < -0.4 is 0 Å². The number of aromatic nitrogens is 1. The highest BCUT2D eigenvalue weighted by atomic mass is 32.2. The Morgan fingerprint density at radius 1 is 1.35 bits per heavy atom. The van der Waals surface area contributed by atoms with E-state index >= 15 is 0 Å². The lowest BCUT2D eigenvalue weighted by molar-refractivity contribution is -0.384. The molecule has 0 aliphatic carbocycles. The minimum Gasteiger partial charge on any atom is -0.258 e. The van der Waals surface area contributed by atoms with Gasteiger partial charge >= 0.3 is 0 Å². The number of hydrogen-bond acceptors (Lipinski definition) is 6. The fraction of sp³-hybridized carbons (Fsp3) is 0.533. The van der Waals surface area contributed by atoms with Crippen LogP contribution in [0.1, 0.15) is 39.5 Å². The van der Waals surface area contributed by atoms with Crippen molar-refractivity contribution in [3.8, 4) is 0 Å². The summed E-state index contributed by atoms with van der Waals surface area (Å²) in [5.74, 6) is 0.215. The van der Waals surface area contributed by atoms with E-state index in [-0.39, 0.29) is 21.7 Å². The molecule has 1 heterocycles. The van der Waals surface area contributed by atoms with Gasteiger partial charge in [-0.15, -0.1) is 11.3 Å². The Balaban J connectivity index is 2.28. The summed E-state index contributed by atoms with van der Waals surface area (Å²) in [5.41, 5.74) is 0.431. The Morgan fingerprint density at radius 3 is 2.70 bits per heavy atom. The molecule has 0 saturated heterocycles. The Hall–Kier alpha value is -1.54. The number of nitro groups is 1. The van der Waals surface area contributed by atoms with Crippen molar-refractivity contribution in [2.75, 3.05) is 5.75 Å². The molecule has 1 unspecified atom stereocenters. The van der Waals surface area contributed by atoms with Gasteiger partial charge < -0.3 is 0 Å².